The van der Waals surface area contributed by atoms with E-state index in [1.165, 1.54) is 37.3 Å². The van der Waals surface area contributed by atoms with E-state index in [9.17, 15) is 22.8 Å². The Morgan fingerprint density at radius 1 is 0.818 bits per heavy atom. The summed E-state index contributed by atoms with van der Waals surface area (Å²) in [6.07, 6.45) is 0.951. The van der Waals surface area contributed by atoms with Gasteiger partial charge in [-0.3, -0.25) is 14.3 Å². The molecule has 0 spiro atoms. The highest BCUT2D eigenvalue weighted by Crippen LogP contribution is 2.24. The van der Waals surface area contributed by atoms with Gasteiger partial charge in [0.2, 0.25) is 15.9 Å². The Kier molecular flexibility index (Phi) is 7.09. The molecule has 33 heavy (non-hydrogen) atoms. The molecule has 0 fully saturated rings. The molecule has 10 heteroatoms. The normalized spacial score (nSPS) is 10.7. The van der Waals surface area contributed by atoms with E-state index in [0.717, 1.165) is 6.26 Å². The number of esters is 1. The van der Waals surface area contributed by atoms with Gasteiger partial charge in [0, 0.05) is 23.9 Å². The molecule has 0 bridgehead atoms. The summed E-state index contributed by atoms with van der Waals surface area (Å²) in [5.41, 5.74) is 1.21. The van der Waals surface area contributed by atoms with Crippen molar-refractivity contribution in [2.24, 2.45) is 0 Å². The van der Waals surface area contributed by atoms with Gasteiger partial charge < -0.3 is 15.4 Å². The highest BCUT2D eigenvalue weighted by molar-refractivity contribution is 7.92. The van der Waals surface area contributed by atoms with Gasteiger partial charge in [-0.2, -0.15) is 0 Å². The quantitative estimate of drug-likeness (QED) is 0.360. The van der Waals surface area contributed by atoms with Gasteiger partial charge >= 0.3 is 5.97 Å². The first kappa shape index (κ1) is 23.5. The van der Waals surface area contributed by atoms with E-state index >= 15 is 0 Å². The van der Waals surface area contributed by atoms with E-state index in [4.69, 9.17) is 4.74 Å². The van der Waals surface area contributed by atoms with Crippen LogP contribution >= 0.6 is 0 Å². The lowest BCUT2D eigenvalue weighted by molar-refractivity contribution is -0.114. The van der Waals surface area contributed by atoms with E-state index < -0.39 is 16.0 Å². The molecule has 3 aromatic rings. The van der Waals surface area contributed by atoms with Gasteiger partial charge in [0.25, 0.3) is 5.91 Å². The number of sulfonamides is 1. The second kappa shape index (κ2) is 9.96. The number of rotatable bonds is 7. The molecule has 3 rings (SSSR count). The van der Waals surface area contributed by atoms with Crippen LogP contribution in [0.2, 0.25) is 0 Å². The van der Waals surface area contributed by atoms with Gasteiger partial charge in [-0.1, -0.05) is 18.2 Å². The summed E-state index contributed by atoms with van der Waals surface area (Å²) in [5, 5.41) is 5.26. The molecular weight excluding hydrogens is 446 g/mol. The number of carbonyl (C=O) groups is 3. The first-order valence-electron chi connectivity index (χ1n) is 9.69. The molecule has 3 aromatic carbocycles. The molecule has 0 radical (unpaired) electrons. The van der Waals surface area contributed by atoms with Crippen molar-refractivity contribution >= 4 is 44.9 Å². The maximum atomic E-state index is 12.8. The highest BCUT2D eigenvalue weighted by Gasteiger charge is 2.18. The van der Waals surface area contributed by atoms with Crippen LogP contribution in [0.15, 0.2) is 72.8 Å². The number of hydrogen-bond donors (Lipinski definition) is 3. The van der Waals surface area contributed by atoms with E-state index in [0.29, 0.717) is 16.9 Å². The molecule has 0 saturated heterocycles. The minimum absolute atomic E-state index is 0.00310. The predicted molar refractivity (Wildman–Crippen MR) is 125 cm³/mol. The topological polar surface area (TPSA) is 131 Å². The number of carbonyl (C=O) groups excluding carboxylic acids is 3. The molecule has 170 valence electrons. The van der Waals surface area contributed by atoms with Crippen molar-refractivity contribution in [1.29, 1.82) is 0 Å². The average Bonchev–Trinajstić information content (AvgIpc) is 2.75. The van der Waals surface area contributed by atoms with Crippen LogP contribution in [0, 0.1) is 0 Å². The summed E-state index contributed by atoms with van der Waals surface area (Å²) in [6, 6.07) is 18.9. The van der Waals surface area contributed by atoms with E-state index in [2.05, 4.69) is 15.4 Å². The summed E-state index contributed by atoms with van der Waals surface area (Å²) < 4.78 is 30.9. The second-order valence-electron chi connectivity index (χ2n) is 7.05. The van der Waals surface area contributed by atoms with Crippen molar-refractivity contribution in [1.82, 2.24) is 0 Å². The van der Waals surface area contributed by atoms with Crippen LogP contribution in [0.25, 0.3) is 0 Å². The minimum Gasteiger partial charge on any atom is -0.423 e. The molecule has 0 saturated carbocycles. The van der Waals surface area contributed by atoms with E-state index in [1.54, 1.807) is 36.4 Å². The van der Waals surface area contributed by atoms with Gasteiger partial charge in [-0.25, -0.2) is 13.2 Å². The van der Waals surface area contributed by atoms with Crippen molar-refractivity contribution in [3.05, 3.63) is 83.9 Å². The number of amides is 2. The number of nitrogens with one attached hydrogen (secondary N) is 3. The van der Waals surface area contributed by atoms with Gasteiger partial charge in [-0.05, 0) is 54.6 Å². The Bertz CT molecular complexity index is 1290. The number of anilines is 3. The van der Waals surface area contributed by atoms with Crippen molar-refractivity contribution in [2.75, 3.05) is 21.6 Å². The zero-order chi connectivity index (χ0) is 24.0. The Morgan fingerprint density at radius 3 is 2.06 bits per heavy atom. The lowest BCUT2D eigenvalue weighted by Crippen LogP contribution is -2.17. The molecule has 0 aliphatic heterocycles. The van der Waals surface area contributed by atoms with Gasteiger partial charge in [-0.15, -0.1) is 0 Å². The van der Waals surface area contributed by atoms with Gasteiger partial charge in [0.15, 0.2) is 0 Å². The summed E-state index contributed by atoms with van der Waals surface area (Å²) in [5.74, 6) is -1.31. The van der Waals surface area contributed by atoms with E-state index in [1.807, 2.05) is 6.07 Å². The van der Waals surface area contributed by atoms with Crippen molar-refractivity contribution < 1.29 is 27.5 Å². The third kappa shape index (κ3) is 6.91. The molecule has 0 aromatic heterocycles. The van der Waals surface area contributed by atoms with Crippen molar-refractivity contribution in [3.8, 4) is 5.75 Å². The van der Waals surface area contributed by atoms with Crippen LogP contribution in [0.4, 0.5) is 17.1 Å². The molecule has 9 nitrogen and oxygen atoms in total. The number of hydrogen-bond acceptors (Lipinski definition) is 6. The lowest BCUT2D eigenvalue weighted by atomic mass is 10.1. The first-order chi connectivity index (χ1) is 15.6. The van der Waals surface area contributed by atoms with Crippen LogP contribution in [0.3, 0.4) is 0 Å². The monoisotopic (exact) mass is 467 g/mol. The maximum absolute atomic E-state index is 12.8. The van der Waals surface area contributed by atoms with Crippen molar-refractivity contribution in [3.63, 3.8) is 0 Å². The van der Waals surface area contributed by atoms with Crippen LogP contribution in [-0.2, 0) is 14.8 Å². The Morgan fingerprint density at radius 2 is 1.45 bits per heavy atom. The van der Waals surface area contributed by atoms with Gasteiger partial charge in [0.1, 0.15) is 5.75 Å². The van der Waals surface area contributed by atoms with Crippen LogP contribution in [-0.4, -0.2) is 32.5 Å². The fraction of sp³-hybridized carbons (Fsp3) is 0.0870. The Labute approximate surface area is 190 Å². The van der Waals surface area contributed by atoms with Gasteiger partial charge in [0.05, 0.1) is 17.5 Å². The molecule has 0 atom stereocenters. The SMILES string of the molecule is CC(=O)Nc1ccc(NS(C)(=O)=O)c(C(=O)Oc2ccc(NC(=O)c3ccccc3)cc2)c1. The summed E-state index contributed by atoms with van der Waals surface area (Å²) >= 11 is 0. The smallest absolute Gasteiger partial charge is 0.345 e. The fourth-order valence-electron chi connectivity index (χ4n) is 2.84. The fourth-order valence-corrected chi connectivity index (χ4v) is 3.42. The number of ether oxygens (including phenoxy) is 1. The third-order valence-corrected chi connectivity index (χ3v) is 4.80. The zero-order valence-electron chi connectivity index (χ0n) is 17.8. The lowest BCUT2D eigenvalue weighted by Gasteiger charge is -2.13. The van der Waals surface area contributed by atoms with Crippen LogP contribution in [0.1, 0.15) is 27.6 Å². The standard InChI is InChI=1S/C23H21N3O6S/c1-15(27)24-18-10-13-21(26-33(2,30)31)20(14-18)23(29)32-19-11-8-17(9-12-19)25-22(28)16-6-4-3-5-7-16/h3-14,26H,1-2H3,(H,24,27)(H,25,28). The molecule has 0 aliphatic rings. The zero-order valence-corrected chi connectivity index (χ0v) is 18.6. The summed E-state index contributed by atoms with van der Waals surface area (Å²) in [6.45, 7) is 1.30. The summed E-state index contributed by atoms with van der Waals surface area (Å²) in [4.78, 5) is 36.3. The third-order valence-electron chi connectivity index (χ3n) is 4.21. The van der Waals surface area contributed by atoms with Crippen LogP contribution < -0.4 is 20.1 Å². The average molecular weight is 468 g/mol. The molecule has 0 unspecified atom stereocenters. The molecule has 0 aliphatic carbocycles. The predicted octanol–water partition coefficient (Wildman–Crippen LogP) is 3.49. The first-order valence-corrected chi connectivity index (χ1v) is 11.6. The van der Waals surface area contributed by atoms with E-state index in [-0.39, 0.29) is 28.8 Å². The summed E-state index contributed by atoms with van der Waals surface area (Å²) in [7, 11) is -3.67. The largest absolute Gasteiger partial charge is 0.423 e. The second-order valence-corrected chi connectivity index (χ2v) is 8.80. The molecule has 0 heterocycles. The minimum atomic E-state index is -3.67. The number of benzene rings is 3. The molecule has 2 amide bonds. The molecular formula is C23H21N3O6S. The Hall–Kier alpha value is -4.18. The van der Waals surface area contributed by atoms with Crippen LogP contribution in [0.5, 0.6) is 5.75 Å². The highest BCUT2D eigenvalue weighted by atomic mass is 32.2. The molecule has 3 N–H and O–H groups in total. The maximum Gasteiger partial charge on any atom is 0.345 e. The Balaban J connectivity index is 1.77. The van der Waals surface area contributed by atoms with Crippen molar-refractivity contribution in [2.45, 2.75) is 6.92 Å².